The smallest absolute Gasteiger partial charge is 0.290 e. The Balaban J connectivity index is 0.000000858. The number of benzene rings is 2. The number of carbonyl (C=O) groups is 2. The van der Waals surface area contributed by atoms with Gasteiger partial charge < -0.3 is 15.0 Å². The summed E-state index contributed by atoms with van der Waals surface area (Å²) in [6.07, 6.45) is 4.85. The number of hydrogen-bond acceptors (Lipinski definition) is 2. The molecule has 0 unspecified atom stereocenters. The molecule has 1 saturated heterocycles. The van der Waals surface area contributed by atoms with Crippen molar-refractivity contribution in [2.45, 2.75) is 26.2 Å². The lowest BCUT2D eigenvalue weighted by molar-refractivity contribution is -0.122. The molecule has 4 rings (SSSR count). The minimum absolute atomic E-state index is 0.0935. The van der Waals surface area contributed by atoms with Crippen LogP contribution in [-0.4, -0.2) is 40.5 Å². The van der Waals surface area contributed by atoms with E-state index in [0.717, 1.165) is 65.5 Å². The van der Waals surface area contributed by atoms with Gasteiger partial charge in [0.05, 0.1) is 0 Å². The summed E-state index contributed by atoms with van der Waals surface area (Å²) in [6.45, 7) is 7.28. The van der Waals surface area contributed by atoms with Crippen molar-refractivity contribution >= 4 is 28.9 Å². The number of aromatic nitrogens is 1. The second kappa shape index (κ2) is 10.1. The first kappa shape index (κ1) is 22.3. The third-order valence-corrected chi connectivity index (χ3v) is 5.73. The Morgan fingerprint density at radius 2 is 1.87 bits per heavy atom. The topological polar surface area (TPSA) is 73.4 Å². The fourth-order valence-corrected chi connectivity index (χ4v) is 4.08. The molecule has 1 fully saturated rings. The number of H-pyrrole nitrogens is 1. The number of aromatic amines is 1. The quantitative estimate of drug-likeness (QED) is 0.572. The summed E-state index contributed by atoms with van der Waals surface area (Å²) in [5.41, 5.74) is 4.95. The molecule has 2 heterocycles. The lowest BCUT2D eigenvalue weighted by atomic mass is 9.90. The highest BCUT2D eigenvalue weighted by atomic mass is 19.1. The zero-order valence-electron chi connectivity index (χ0n) is 17.6. The molecule has 31 heavy (non-hydrogen) atoms. The van der Waals surface area contributed by atoms with Crippen molar-refractivity contribution in [1.29, 1.82) is 0 Å². The molecule has 1 aliphatic heterocycles. The second-order valence-corrected chi connectivity index (χ2v) is 7.91. The predicted octanol–water partition coefficient (Wildman–Crippen LogP) is 5.14. The number of nitrogens with zero attached hydrogens (tertiary/aromatic N) is 1. The van der Waals surface area contributed by atoms with Crippen molar-refractivity contribution in [3.8, 4) is 0 Å². The highest BCUT2D eigenvalue weighted by molar-refractivity contribution is 6.00. The van der Waals surface area contributed by atoms with E-state index in [-0.39, 0.29) is 18.2 Å². The van der Waals surface area contributed by atoms with Crippen LogP contribution in [0.1, 0.15) is 41.3 Å². The van der Waals surface area contributed by atoms with Crippen LogP contribution in [0.25, 0.3) is 16.5 Å². The van der Waals surface area contributed by atoms with E-state index in [1.165, 1.54) is 12.1 Å². The first-order valence-corrected chi connectivity index (χ1v) is 10.3. The maximum atomic E-state index is 13.1. The van der Waals surface area contributed by atoms with E-state index in [9.17, 15) is 9.18 Å². The van der Waals surface area contributed by atoms with E-state index < -0.39 is 0 Å². The molecule has 6 heteroatoms. The summed E-state index contributed by atoms with van der Waals surface area (Å²) in [4.78, 5) is 26.6. The molecule has 0 saturated carbocycles. The predicted molar refractivity (Wildman–Crippen MR) is 120 cm³/mol. The molecule has 1 amide bonds. The SMILES string of the molecule is C=C(C)c1c[nH]c2ccc(C(=O)N3CCC(Cc4ccc(F)cc4)CC3)cc12.O=CO. The van der Waals surface area contributed by atoms with E-state index in [1.54, 1.807) is 0 Å². The number of carboxylic acid groups (broad SMARTS) is 1. The molecule has 0 spiro atoms. The average Bonchev–Trinajstić information content (AvgIpc) is 3.19. The molecule has 3 aromatic rings. The normalized spacial score (nSPS) is 14.1. The number of fused-ring (bicyclic) bond motifs is 1. The van der Waals surface area contributed by atoms with Gasteiger partial charge in [0, 0.05) is 41.3 Å². The van der Waals surface area contributed by atoms with Gasteiger partial charge in [0.1, 0.15) is 5.82 Å². The Bertz CT molecular complexity index is 1060. The molecule has 1 aromatic heterocycles. The monoisotopic (exact) mass is 422 g/mol. The molecular formula is C25H27FN2O3. The van der Waals surface area contributed by atoms with Gasteiger partial charge in [-0.25, -0.2) is 4.39 Å². The summed E-state index contributed by atoms with van der Waals surface area (Å²) in [5, 5.41) is 7.93. The van der Waals surface area contributed by atoms with E-state index in [4.69, 9.17) is 9.90 Å². The largest absolute Gasteiger partial charge is 0.483 e. The standard InChI is InChI=1S/C24H25FN2O.CH2O2/c1-16(2)22-15-26-23-8-5-19(14-21(22)23)24(28)27-11-9-18(10-12-27)13-17-3-6-20(25)7-4-17;2-1-3/h3-8,14-15,18,26H,1,9-13H2,2H3;1H,(H,2,3). The number of amides is 1. The van der Waals surface area contributed by atoms with Crippen molar-refractivity contribution < 1.29 is 19.1 Å². The number of allylic oxidation sites excluding steroid dienone is 1. The fraction of sp³-hybridized carbons (Fsp3) is 0.280. The summed E-state index contributed by atoms with van der Waals surface area (Å²) >= 11 is 0. The van der Waals surface area contributed by atoms with E-state index >= 15 is 0 Å². The molecule has 5 nitrogen and oxygen atoms in total. The summed E-state index contributed by atoms with van der Waals surface area (Å²) < 4.78 is 13.1. The number of rotatable bonds is 4. The van der Waals surface area contributed by atoms with Gasteiger partial charge in [0.15, 0.2) is 0 Å². The second-order valence-electron chi connectivity index (χ2n) is 7.91. The Morgan fingerprint density at radius 1 is 1.23 bits per heavy atom. The van der Waals surface area contributed by atoms with Crippen LogP contribution in [0.3, 0.4) is 0 Å². The molecule has 0 atom stereocenters. The van der Waals surface area contributed by atoms with Gasteiger partial charge in [-0.05, 0) is 73.6 Å². The summed E-state index contributed by atoms with van der Waals surface area (Å²) in [5.74, 6) is 0.436. The number of halogens is 1. The van der Waals surface area contributed by atoms with Crippen LogP contribution in [0.5, 0.6) is 0 Å². The van der Waals surface area contributed by atoms with Gasteiger partial charge in [0.25, 0.3) is 12.4 Å². The highest BCUT2D eigenvalue weighted by Crippen LogP contribution is 2.27. The minimum Gasteiger partial charge on any atom is -0.483 e. The fourth-order valence-electron chi connectivity index (χ4n) is 4.08. The van der Waals surface area contributed by atoms with Crippen LogP contribution >= 0.6 is 0 Å². The molecule has 0 bridgehead atoms. The van der Waals surface area contributed by atoms with Gasteiger partial charge >= 0.3 is 0 Å². The molecular weight excluding hydrogens is 395 g/mol. The van der Waals surface area contributed by atoms with E-state index in [0.29, 0.717) is 5.92 Å². The maximum absolute atomic E-state index is 13.1. The molecule has 1 aliphatic rings. The first-order chi connectivity index (χ1) is 14.9. The summed E-state index contributed by atoms with van der Waals surface area (Å²) in [6, 6.07) is 12.6. The number of piperidine rings is 1. The van der Waals surface area contributed by atoms with Crippen molar-refractivity contribution in [3.05, 3.63) is 77.7 Å². The molecule has 0 radical (unpaired) electrons. The van der Waals surface area contributed by atoms with Crippen molar-refractivity contribution in [1.82, 2.24) is 9.88 Å². The summed E-state index contributed by atoms with van der Waals surface area (Å²) in [7, 11) is 0. The Labute approximate surface area is 181 Å². The van der Waals surface area contributed by atoms with Crippen LogP contribution in [0.2, 0.25) is 0 Å². The van der Waals surface area contributed by atoms with Gasteiger partial charge in [-0.1, -0.05) is 18.7 Å². The number of likely N-dealkylation sites (tertiary alicyclic amines) is 1. The molecule has 2 N–H and O–H groups in total. The van der Waals surface area contributed by atoms with Crippen LogP contribution in [0.4, 0.5) is 4.39 Å². The van der Waals surface area contributed by atoms with E-state index in [1.807, 2.05) is 48.4 Å². The lowest BCUT2D eigenvalue weighted by Gasteiger charge is -2.32. The van der Waals surface area contributed by atoms with Crippen molar-refractivity contribution in [2.75, 3.05) is 13.1 Å². The van der Waals surface area contributed by atoms with Gasteiger partial charge in [-0.15, -0.1) is 0 Å². The first-order valence-electron chi connectivity index (χ1n) is 10.3. The Kier molecular flexibility index (Phi) is 7.23. The van der Waals surface area contributed by atoms with Crippen LogP contribution in [0.15, 0.2) is 55.2 Å². The molecule has 2 aromatic carbocycles. The van der Waals surface area contributed by atoms with Crippen LogP contribution in [0, 0.1) is 11.7 Å². The number of nitrogens with one attached hydrogen (secondary N) is 1. The van der Waals surface area contributed by atoms with Crippen molar-refractivity contribution in [3.63, 3.8) is 0 Å². The van der Waals surface area contributed by atoms with Gasteiger partial charge in [-0.3, -0.25) is 9.59 Å². The zero-order valence-corrected chi connectivity index (χ0v) is 17.6. The Hall–Kier alpha value is -3.41. The highest BCUT2D eigenvalue weighted by Gasteiger charge is 2.24. The molecule has 162 valence electrons. The third-order valence-electron chi connectivity index (χ3n) is 5.73. The van der Waals surface area contributed by atoms with E-state index in [2.05, 4.69) is 11.6 Å². The lowest BCUT2D eigenvalue weighted by Crippen LogP contribution is -2.38. The van der Waals surface area contributed by atoms with Gasteiger partial charge in [-0.2, -0.15) is 0 Å². The minimum atomic E-state index is -0.250. The van der Waals surface area contributed by atoms with Gasteiger partial charge in [0.2, 0.25) is 0 Å². The van der Waals surface area contributed by atoms with Crippen LogP contribution in [-0.2, 0) is 11.2 Å². The molecule has 0 aliphatic carbocycles. The number of hydrogen-bond donors (Lipinski definition) is 2. The number of carbonyl (C=O) groups excluding carboxylic acids is 1. The third kappa shape index (κ3) is 5.40. The zero-order chi connectivity index (χ0) is 22.4. The average molecular weight is 423 g/mol. The maximum Gasteiger partial charge on any atom is 0.290 e. The van der Waals surface area contributed by atoms with Crippen LogP contribution < -0.4 is 0 Å². The van der Waals surface area contributed by atoms with Crippen molar-refractivity contribution in [2.24, 2.45) is 5.92 Å². The Morgan fingerprint density at radius 3 is 2.48 bits per heavy atom.